The largest absolute Gasteiger partial charge is 0.494 e. The average Bonchev–Trinajstić information content (AvgIpc) is 2.32. The lowest BCUT2D eigenvalue weighted by molar-refractivity contribution is 0.339. The van der Waals surface area contributed by atoms with Crippen molar-refractivity contribution in [2.24, 2.45) is 0 Å². The predicted molar refractivity (Wildman–Crippen MR) is 77.6 cm³/mol. The van der Waals surface area contributed by atoms with Gasteiger partial charge in [0.2, 0.25) is 0 Å². The molecule has 0 bridgehead atoms. The predicted octanol–water partition coefficient (Wildman–Crippen LogP) is 4.47. The third-order valence-electron chi connectivity index (χ3n) is 2.28. The second-order valence-corrected chi connectivity index (χ2v) is 5.23. The highest BCUT2D eigenvalue weighted by Gasteiger charge is 2.04. The molecule has 2 rings (SSSR count). The molecular formula is C14H14ClNOS. The van der Waals surface area contributed by atoms with E-state index < -0.39 is 0 Å². The fraction of sp³-hybridized carbons (Fsp3) is 0.143. The standard InChI is InChI=1S/C14H14ClNOS/c1-2-17-11-7-10(16)8-12(9-11)18-14-6-4-3-5-13(14)15/h3-9H,2,16H2,1H3. The highest BCUT2D eigenvalue weighted by molar-refractivity contribution is 7.99. The number of rotatable bonds is 4. The van der Waals surface area contributed by atoms with Crippen molar-refractivity contribution in [2.45, 2.75) is 16.7 Å². The van der Waals surface area contributed by atoms with Crippen molar-refractivity contribution in [3.63, 3.8) is 0 Å². The van der Waals surface area contributed by atoms with Gasteiger partial charge in [-0.3, -0.25) is 0 Å². The molecule has 0 spiro atoms. The normalized spacial score (nSPS) is 10.3. The van der Waals surface area contributed by atoms with E-state index in [0.29, 0.717) is 12.3 Å². The maximum atomic E-state index is 6.13. The van der Waals surface area contributed by atoms with Crippen molar-refractivity contribution in [3.8, 4) is 5.75 Å². The molecule has 18 heavy (non-hydrogen) atoms. The summed E-state index contributed by atoms with van der Waals surface area (Å²) in [5.41, 5.74) is 6.55. The van der Waals surface area contributed by atoms with E-state index in [9.17, 15) is 0 Å². The minimum Gasteiger partial charge on any atom is -0.494 e. The summed E-state index contributed by atoms with van der Waals surface area (Å²) in [5.74, 6) is 0.784. The van der Waals surface area contributed by atoms with Crippen LogP contribution < -0.4 is 10.5 Å². The van der Waals surface area contributed by atoms with Gasteiger partial charge in [0.15, 0.2) is 0 Å². The zero-order chi connectivity index (χ0) is 13.0. The fourth-order valence-corrected chi connectivity index (χ4v) is 2.74. The van der Waals surface area contributed by atoms with Crippen LogP contribution in [0.4, 0.5) is 5.69 Å². The van der Waals surface area contributed by atoms with Crippen LogP contribution in [0.15, 0.2) is 52.3 Å². The number of hydrogen-bond donors (Lipinski definition) is 1. The van der Waals surface area contributed by atoms with Crippen LogP contribution in [-0.2, 0) is 0 Å². The van der Waals surface area contributed by atoms with Gasteiger partial charge < -0.3 is 10.5 Å². The van der Waals surface area contributed by atoms with Crippen molar-refractivity contribution in [1.29, 1.82) is 0 Å². The molecule has 0 aliphatic carbocycles. The molecular weight excluding hydrogens is 266 g/mol. The highest BCUT2D eigenvalue weighted by atomic mass is 35.5. The zero-order valence-corrected chi connectivity index (χ0v) is 11.6. The Morgan fingerprint density at radius 1 is 1.22 bits per heavy atom. The molecule has 2 nitrogen and oxygen atoms in total. The Morgan fingerprint density at radius 3 is 2.72 bits per heavy atom. The van der Waals surface area contributed by atoms with Gasteiger partial charge in [0.25, 0.3) is 0 Å². The van der Waals surface area contributed by atoms with E-state index in [-0.39, 0.29) is 0 Å². The molecule has 4 heteroatoms. The molecule has 94 valence electrons. The first-order valence-electron chi connectivity index (χ1n) is 5.65. The summed E-state index contributed by atoms with van der Waals surface area (Å²) >= 11 is 7.71. The van der Waals surface area contributed by atoms with E-state index in [1.165, 1.54) is 0 Å². The van der Waals surface area contributed by atoms with Crippen LogP contribution in [0, 0.1) is 0 Å². The van der Waals surface area contributed by atoms with Crippen molar-refractivity contribution in [1.82, 2.24) is 0 Å². The molecule has 0 saturated carbocycles. The molecule has 2 aromatic rings. The van der Waals surface area contributed by atoms with Crippen LogP contribution in [0.25, 0.3) is 0 Å². The van der Waals surface area contributed by atoms with Crippen LogP contribution in [0.3, 0.4) is 0 Å². The SMILES string of the molecule is CCOc1cc(N)cc(Sc2ccccc2Cl)c1. The quantitative estimate of drug-likeness (QED) is 0.839. The van der Waals surface area contributed by atoms with Crippen molar-refractivity contribution < 1.29 is 4.74 Å². The summed E-state index contributed by atoms with van der Waals surface area (Å²) in [5, 5.41) is 0.739. The van der Waals surface area contributed by atoms with Crippen LogP contribution in [-0.4, -0.2) is 6.61 Å². The van der Waals surface area contributed by atoms with E-state index in [2.05, 4.69) is 0 Å². The lowest BCUT2D eigenvalue weighted by atomic mass is 10.3. The molecule has 0 amide bonds. The number of hydrogen-bond acceptors (Lipinski definition) is 3. The Balaban J connectivity index is 2.26. The maximum absolute atomic E-state index is 6.13. The molecule has 0 unspecified atom stereocenters. The van der Waals surface area contributed by atoms with Gasteiger partial charge in [0.1, 0.15) is 5.75 Å². The molecule has 0 aliphatic rings. The Kier molecular flexibility index (Phi) is 4.39. The number of ether oxygens (including phenoxy) is 1. The lowest BCUT2D eigenvalue weighted by Gasteiger charge is -2.08. The average molecular weight is 280 g/mol. The molecule has 0 saturated heterocycles. The summed E-state index contributed by atoms with van der Waals surface area (Å²) in [4.78, 5) is 2.03. The minimum absolute atomic E-state index is 0.625. The van der Waals surface area contributed by atoms with E-state index in [4.69, 9.17) is 22.1 Å². The smallest absolute Gasteiger partial charge is 0.122 e. The van der Waals surface area contributed by atoms with E-state index in [1.54, 1.807) is 11.8 Å². The Labute approximate surface area is 116 Å². The Bertz CT molecular complexity index is 545. The number of benzene rings is 2. The first-order chi connectivity index (χ1) is 8.69. The summed E-state index contributed by atoms with van der Waals surface area (Å²) in [6.45, 7) is 2.57. The lowest BCUT2D eigenvalue weighted by Crippen LogP contribution is -1.93. The molecule has 2 N–H and O–H groups in total. The second kappa shape index (κ2) is 6.03. The van der Waals surface area contributed by atoms with Gasteiger partial charge in [-0.25, -0.2) is 0 Å². The van der Waals surface area contributed by atoms with Gasteiger partial charge in [-0.1, -0.05) is 35.5 Å². The third-order valence-corrected chi connectivity index (χ3v) is 3.77. The molecule has 0 atom stereocenters. The zero-order valence-electron chi connectivity index (χ0n) is 10.0. The molecule has 0 aromatic heterocycles. The van der Waals surface area contributed by atoms with Crippen molar-refractivity contribution >= 4 is 29.1 Å². The van der Waals surface area contributed by atoms with Gasteiger partial charge in [-0.15, -0.1) is 0 Å². The van der Waals surface area contributed by atoms with E-state index >= 15 is 0 Å². The second-order valence-electron chi connectivity index (χ2n) is 3.70. The molecule has 0 aliphatic heterocycles. The van der Waals surface area contributed by atoms with Crippen LogP contribution in [0.2, 0.25) is 5.02 Å². The van der Waals surface area contributed by atoms with Gasteiger partial charge in [-0.05, 0) is 31.2 Å². The van der Waals surface area contributed by atoms with Crippen LogP contribution >= 0.6 is 23.4 Å². The topological polar surface area (TPSA) is 35.2 Å². The third kappa shape index (κ3) is 3.34. The first-order valence-corrected chi connectivity index (χ1v) is 6.84. The number of anilines is 1. The molecule has 2 aromatic carbocycles. The van der Waals surface area contributed by atoms with E-state index in [0.717, 1.165) is 20.6 Å². The monoisotopic (exact) mass is 279 g/mol. The Morgan fingerprint density at radius 2 is 2.00 bits per heavy atom. The summed E-state index contributed by atoms with van der Waals surface area (Å²) in [6, 6.07) is 13.4. The van der Waals surface area contributed by atoms with Crippen LogP contribution in [0.1, 0.15) is 6.92 Å². The summed E-state index contributed by atoms with van der Waals surface area (Å²) < 4.78 is 5.47. The fourth-order valence-electron chi connectivity index (χ4n) is 1.56. The van der Waals surface area contributed by atoms with Gasteiger partial charge in [-0.2, -0.15) is 0 Å². The summed E-state index contributed by atoms with van der Waals surface area (Å²) in [6.07, 6.45) is 0. The van der Waals surface area contributed by atoms with Gasteiger partial charge in [0.05, 0.1) is 11.6 Å². The first kappa shape index (κ1) is 13.1. The highest BCUT2D eigenvalue weighted by Crippen LogP contribution is 2.35. The van der Waals surface area contributed by atoms with Crippen LogP contribution in [0.5, 0.6) is 5.75 Å². The van der Waals surface area contributed by atoms with Gasteiger partial charge >= 0.3 is 0 Å². The molecule has 0 fully saturated rings. The van der Waals surface area contributed by atoms with Crippen molar-refractivity contribution in [2.75, 3.05) is 12.3 Å². The van der Waals surface area contributed by atoms with Crippen molar-refractivity contribution in [3.05, 3.63) is 47.5 Å². The number of nitrogens with two attached hydrogens (primary N) is 1. The molecule has 0 radical (unpaired) electrons. The number of nitrogen functional groups attached to an aromatic ring is 1. The Hall–Kier alpha value is -1.32. The molecule has 0 heterocycles. The summed E-state index contributed by atoms with van der Waals surface area (Å²) in [7, 11) is 0. The van der Waals surface area contributed by atoms with E-state index in [1.807, 2.05) is 49.4 Å². The number of halogens is 1. The maximum Gasteiger partial charge on any atom is 0.122 e. The van der Waals surface area contributed by atoms with Gasteiger partial charge in [0, 0.05) is 21.5 Å². The minimum atomic E-state index is 0.625.